The van der Waals surface area contributed by atoms with Crippen molar-refractivity contribution in [3.63, 3.8) is 0 Å². The van der Waals surface area contributed by atoms with Crippen LogP contribution < -0.4 is 24.4 Å². The minimum Gasteiger partial charge on any atom is -0.484 e. The molecule has 2 aromatic rings. The number of benzene rings is 2. The Morgan fingerprint density at radius 3 is 2.59 bits per heavy atom. The van der Waals surface area contributed by atoms with Crippen LogP contribution in [0.15, 0.2) is 42.5 Å². The maximum atomic E-state index is 12.0. The fraction of sp³-hybridized carbons (Fsp3) is 0.300. The first kappa shape index (κ1) is 18.6. The van der Waals surface area contributed by atoms with E-state index in [4.69, 9.17) is 14.2 Å². The molecule has 0 saturated heterocycles. The standard InChI is InChI=1S/C20H22N2O5/c1-14-3-6-17(7-4-14)25-12-20(24)21-9-10-22(15(2)23)16-5-8-18-19(11-16)27-13-26-18/h3-8,11H,9-10,12-13H2,1-2H3,(H,21,24). The second kappa shape index (κ2) is 8.44. The second-order valence-electron chi connectivity index (χ2n) is 6.16. The van der Waals surface area contributed by atoms with Gasteiger partial charge in [-0.3, -0.25) is 9.59 Å². The Hall–Kier alpha value is -3.22. The van der Waals surface area contributed by atoms with E-state index in [1.165, 1.54) is 6.92 Å². The van der Waals surface area contributed by atoms with Gasteiger partial charge in [-0.05, 0) is 31.2 Å². The minimum absolute atomic E-state index is 0.0762. The van der Waals surface area contributed by atoms with Gasteiger partial charge in [-0.2, -0.15) is 0 Å². The predicted molar refractivity (Wildman–Crippen MR) is 100 cm³/mol. The van der Waals surface area contributed by atoms with Gasteiger partial charge in [0.05, 0.1) is 0 Å². The molecular formula is C20H22N2O5. The molecule has 0 bridgehead atoms. The molecule has 0 spiro atoms. The Kier molecular flexibility index (Phi) is 5.80. The molecule has 1 heterocycles. The number of hydrogen-bond donors (Lipinski definition) is 1. The quantitative estimate of drug-likeness (QED) is 0.809. The molecule has 27 heavy (non-hydrogen) atoms. The van der Waals surface area contributed by atoms with Crippen LogP contribution in [-0.4, -0.2) is 38.3 Å². The zero-order valence-corrected chi connectivity index (χ0v) is 15.4. The Balaban J connectivity index is 1.49. The lowest BCUT2D eigenvalue weighted by molar-refractivity contribution is -0.123. The highest BCUT2D eigenvalue weighted by molar-refractivity contribution is 5.92. The van der Waals surface area contributed by atoms with E-state index < -0.39 is 0 Å². The van der Waals surface area contributed by atoms with E-state index in [1.54, 1.807) is 23.1 Å². The number of ether oxygens (including phenoxy) is 3. The van der Waals surface area contributed by atoms with Crippen molar-refractivity contribution in [2.75, 3.05) is 31.4 Å². The molecule has 0 atom stereocenters. The molecular weight excluding hydrogens is 348 g/mol. The van der Waals surface area contributed by atoms with Crippen LogP contribution >= 0.6 is 0 Å². The molecule has 142 valence electrons. The lowest BCUT2D eigenvalue weighted by Crippen LogP contribution is -2.39. The summed E-state index contributed by atoms with van der Waals surface area (Å²) in [6.45, 7) is 4.21. The normalized spacial score (nSPS) is 11.8. The van der Waals surface area contributed by atoms with Gasteiger partial charge in [0.25, 0.3) is 5.91 Å². The molecule has 1 aliphatic heterocycles. The average molecular weight is 370 g/mol. The van der Waals surface area contributed by atoms with Crippen LogP contribution in [0.25, 0.3) is 0 Å². The van der Waals surface area contributed by atoms with Crippen LogP contribution in [0.1, 0.15) is 12.5 Å². The first-order valence-electron chi connectivity index (χ1n) is 8.67. The van der Waals surface area contributed by atoms with E-state index in [-0.39, 0.29) is 25.2 Å². The van der Waals surface area contributed by atoms with Crippen molar-refractivity contribution in [3.05, 3.63) is 48.0 Å². The molecule has 2 amide bonds. The Morgan fingerprint density at radius 1 is 1.11 bits per heavy atom. The number of rotatable bonds is 7. The lowest BCUT2D eigenvalue weighted by atomic mass is 10.2. The first-order valence-corrected chi connectivity index (χ1v) is 8.67. The molecule has 0 unspecified atom stereocenters. The zero-order valence-electron chi connectivity index (χ0n) is 15.4. The van der Waals surface area contributed by atoms with Gasteiger partial charge in [0, 0.05) is 31.8 Å². The van der Waals surface area contributed by atoms with Gasteiger partial charge in [-0.15, -0.1) is 0 Å². The number of aryl methyl sites for hydroxylation is 1. The highest BCUT2D eigenvalue weighted by atomic mass is 16.7. The van der Waals surface area contributed by atoms with Crippen molar-refractivity contribution in [1.82, 2.24) is 5.32 Å². The van der Waals surface area contributed by atoms with Crippen LogP contribution in [0, 0.1) is 6.92 Å². The van der Waals surface area contributed by atoms with Gasteiger partial charge in [0.15, 0.2) is 18.1 Å². The minimum atomic E-state index is -0.246. The smallest absolute Gasteiger partial charge is 0.258 e. The van der Waals surface area contributed by atoms with Crippen molar-refractivity contribution < 1.29 is 23.8 Å². The topological polar surface area (TPSA) is 77.1 Å². The Labute approximate surface area is 157 Å². The third kappa shape index (κ3) is 4.91. The highest BCUT2D eigenvalue weighted by Crippen LogP contribution is 2.35. The molecule has 0 aliphatic carbocycles. The van der Waals surface area contributed by atoms with Crippen LogP contribution in [0.5, 0.6) is 17.2 Å². The van der Waals surface area contributed by atoms with E-state index in [1.807, 2.05) is 31.2 Å². The van der Waals surface area contributed by atoms with Crippen LogP contribution in [0.4, 0.5) is 5.69 Å². The summed E-state index contributed by atoms with van der Waals surface area (Å²) >= 11 is 0. The third-order valence-corrected chi connectivity index (χ3v) is 4.10. The van der Waals surface area contributed by atoms with Crippen LogP contribution in [0.3, 0.4) is 0 Å². The van der Waals surface area contributed by atoms with Gasteiger partial charge in [-0.1, -0.05) is 17.7 Å². The van der Waals surface area contributed by atoms with E-state index in [2.05, 4.69) is 5.32 Å². The molecule has 0 fully saturated rings. The number of amides is 2. The summed E-state index contributed by atoms with van der Waals surface area (Å²) in [5.41, 5.74) is 1.82. The second-order valence-corrected chi connectivity index (χ2v) is 6.16. The summed E-state index contributed by atoms with van der Waals surface area (Å²) in [5, 5.41) is 2.76. The molecule has 7 heteroatoms. The van der Waals surface area contributed by atoms with E-state index in [9.17, 15) is 9.59 Å². The largest absolute Gasteiger partial charge is 0.484 e. The Morgan fingerprint density at radius 2 is 1.85 bits per heavy atom. The number of nitrogens with zero attached hydrogens (tertiary/aromatic N) is 1. The van der Waals surface area contributed by atoms with Crippen LogP contribution in [-0.2, 0) is 9.59 Å². The summed E-state index contributed by atoms with van der Waals surface area (Å²) in [6, 6.07) is 12.8. The number of carbonyl (C=O) groups excluding carboxylic acids is 2. The van der Waals surface area contributed by atoms with Gasteiger partial charge in [0.1, 0.15) is 5.75 Å². The molecule has 0 aromatic heterocycles. The van der Waals surface area contributed by atoms with Crippen molar-refractivity contribution in [2.24, 2.45) is 0 Å². The van der Waals surface area contributed by atoms with Gasteiger partial charge >= 0.3 is 0 Å². The number of nitrogens with one attached hydrogen (secondary N) is 1. The first-order chi connectivity index (χ1) is 13.0. The maximum absolute atomic E-state index is 12.0. The number of fused-ring (bicyclic) bond motifs is 1. The number of hydrogen-bond acceptors (Lipinski definition) is 5. The van der Waals surface area contributed by atoms with E-state index in [0.29, 0.717) is 36.0 Å². The fourth-order valence-electron chi connectivity index (χ4n) is 2.66. The van der Waals surface area contributed by atoms with E-state index in [0.717, 1.165) is 5.56 Å². The molecule has 7 nitrogen and oxygen atoms in total. The molecule has 0 saturated carbocycles. The van der Waals surface area contributed by atoms with Gasteiger partial charge < -0.3 is 24.4 Å². The van der Waals surface area contributed by atoms with E-state index >= 15 is 0 Å². The summed E-state index contributed by atoms with van der Waals surface area (Å²) in [5.74, 6) is 1.53. The van der Waals surface area contributed by atoms with Crippen molar-refractivity contribution in [3.8, 4) is 17.2 Å². The molecule has 1 N–H and O–H groups in total. The zero-order chi connectivity index (χ0) is 19.2. The van der Waals surface area contributed by atoms with Crippen molar-refractivity contribution >= 4 is 17.5 Å². The molecule has 0 radical (unpaired) electrons. The van der Waals surface area contributed by atoms with Crippen molar-refractivity contribution in [1.29, 1.82) is 0 Å². The average Bonchev–Trinajstić information content (AvgIpc) is 3.12. The molecule has 1 aliphatic rings. The monoisotopic (exact) mass is 370 g/mol. The summed E-state index contributed by atoms with van der Waals surface area (Å²) in [4.78, 5) is 25.5. The van der Waals surface area contributed by atoms with Crippen molar-refractivity contribution in [2.45, 2.75) is 13.8 Å². The van der Waals surface area contributed by atoms with Crippen LogP contribution in [0.2, 0.25) is 0 Å². The third-order valence-electron chi connectivity index (χ3n) is 4.10. The van der Waals surface area contributed by atoms with Gasteiger partial charge in [0.2, 0.25) is 12.7 Å². The number of anilines is 1. The van der Waals surface area contributed by atoms with Gasteiger partial charge in [-0.25, -0.2) is 0 Å². The Bertz CT molecular complexity index is 820. The maximum Gasteiger partial charge on any atom is 0.258 e. The fourth-order valence-corrected chi connectivity index (χ4v) is 2.66. The molecule has 3 rings (SSSR count). The lowest BCUT2D eigenvalue weighted by Gasteiger charge is -2.21. The highest BCUT2D eigenvalue weighted by Gasteiger charge is 2.18. The summed E-state index contributed by atoms with van der Waals surface area (Å²) in [6.07, 6.45) is 0. The predicted octanol–water partition coefficient (Wildman–Crippen LogP) is 2.27. The summed E-state index contributed by atoms with van der Waals surface area (Å²) in [7, 11) is 0. The summed E-state index contributed by atoms with van der Waals surface area (Å²) < 4.78 is 16.1. The SMILES string of the molecule is CC(=O)N(CCNC(=O)COc1ccc(C)cc1)c1ccc2c(c1)OCO2. The number of carbonyl (C=O) groups is 2. The molecule has 2 aromatic carbocycles.